The zero-order valence-corrected chi connectivity index (χ0v) is 13.2. The number of ether oxygens (including phenoxy) is 1. The first-order valence-electron chi connectivity index (χ1n) is 7.27. The minimum absolute atomic E-state index is 0.0348. The highest BCUT2D eigenvalue weighted by Gasteiger charge is 2.29. The van der Waals surface area contributed by atoms with Crippen molar-refractivity contribution < 1.29 is 9.53 Å². The second-order valence-electron chi connectivity index (χ2n) is 6.29. The predicted octanol–water partition coefficient (Wildman–Crippen LogP) is 4.42. The molecule has 0 radical (unpaired) electrons. The van der Waals surface area contributed by atoms with Crippen molar-refractivity contribution in [3.05, 3.63) is 28.5 Å². The number of nitrogens with zero attached hydrogens (tertiary/aromatic N) is 1. The Labute approximate surface area is 125 Å². The van der Waals surface area contributed by atoms with Crippen LogP contribution >= 0.6 is 11.6 Å². The third-order valence-electron chi connectivity index (χ3n) is 4.00. The van der Waals surface area contributed by atoms with Crippen LogP contribution in [0.15, 0.2) is 12.1 Å². The number of aryl methyl sites for hydroxylation is 1. The van der Waals surface area contributed by atoms with Gasteiger partial charge >= 0.3 is 5.97 Å². The van der Waals surface area contributed by atoms with E-state index in [0.29, 0.717) is 16.1 Å². The summed E-state index contributed by atoms with van der Waals surface area (Å²) in [6, 6.07) is 3.34. The molecule has 0 aromatic carbocycles. The SMILES string of the molecule is CCc1cc(C(=O)OC2CCC(C)(C)CC2)cc(Cl)n1. The van der Waals surface area contributed by atoms with Gasteiger partial charge < -0.3 is 4.74 Å². The number of hydrogen-bond donors (Lipinski definition) is 0. The normalized spacial score (nSPS) is 18.8. The van der Waals surface area contributed by atoms with Crippen LogP contribution in [0.1, 0.15) is 62.5 Å². The molecular weight excluding hydrogens is 274 g/mol. The molecule has 1 saturated carbocycles. The molecule has 1 fully saturated rings. The van der Waals surface area contributed by atoms with Crippen molar-refractivity contribution in [1.82, 2.24) is 4.98 Å². The molecule has 0 bridgehead atoms. The molecule has 0 unspecified atom stereocenters. The molecule has 110 valence electrons. The van der Waals surface area contributed by atoms with Gasteiger partial charge in [-0.1, -0.05) is 32.4 Å². The maximum absolute atomic E-state index is 12.2. The molecule has 0 saturated heterocycles. The van der Waals surface area contributed by atoms with Crippen LogP contribution in [0.4, 0.5) is 0 Å². The van der Waals surface area contributed by atoms with Gasteiger partial charge in [-0.25, -0.2) is 9.78 Å². The van der Waals surface area contributed by atoms with Crippen LogP contribution < -0.4 is 0 Å². The predicted molar refractivity (Wildman–Crippen MR) is 80.1 cm³/mol. The highest BCUT2D eigenvalue weighted by Crippen LogP contribution is 2.36. The van der Waals surface area contributed by atoms with E-state index in [4.69, 9.17) is 16.3 Å². The van der Waals surface area contributed by atoms with Gasteiger partial charge in [-0.15, -0.1) is 0 Å². The molecule has 20 heavy (non-hydrogen) atoms. The topological polar surface area (TPSA) is 39.2 Å². The van der Waals surface area contributed by atoms with Crippen molar-refractivity contribution in [1.29, 1.82) is 0 Å². The van der Waals surface area contributed by atoms with Crippen LogP contribution in [0, 0.1) is 5.41 Å². The Hall–Kier alpha value is -1.09. The molecule has 1 aromatic heterocycles. The Kier molecular flexibility index (Phi) is 4.69. The molecule has 1 aliphatic rings. The Bertz CT molecular complexity index is 489. The molecule has 0 N–H and O–H groups in total. The molecular formula is C16H22ClNO2. The quantitative estimate of drug-likeness (QED) is 0.612. The smallest absolute Gasteiger partial charge is 0.338 e. The van der Waals surface area contributed by atoms with E-state index in [2.05, 4.69) is 18.8 Å². The van der Waals surface area contributed by atoms with E-state index in [9.17, 15) is 4.79 Å². The van der Waals surface area contributed by atoms with Crippen LogP contribution in [0.3, 0.4) is 0 Å². The van der Waals surface area contributed by atoms with E-state index in [1.165, 1.54) is 0 Å². The molecule has 0 atom stereocenters. The molecule has 0 amide bonds. The van der Waals surface area contributed by atoms with Crippen LogP contribution in [0.5, 0.6) is 0 Å². The van der Waals surface area contributed by atoms with Crippen molar-refractivity contribution >= 4 is 17.6 Å². The number of halogens is 1. The van der Waals surface area contributed by atoms with Gasteiger partial charge in [0, 0.05) is 5.69 Å². The standard InChI is InChI=1S/C16H22ClNO2/c1-4-12-9-11(10-14(17)18-12)15(19)20-13-5-7-16(2,3)8-6-13/h9-10,13H,4-8H2,1-3H3. The van der Waals surface area contributed by atoms with E-state index >= 15 is 0 Å². The summed E-state index contributed by atoms with van der Waals surface area (Å²) in [6.07, 6.45) is 4.87. The lowest BCUT2D eigenvalue weighted by molar-refractivity contribution is 0.00949. The molecule has 0 aliphatic heterocycles. The van der Waals surface area contributed by atoms with E-state index in [1.54, 1.807) is 12.1 Å². The minimum Gasteiger partial charge on any atom is -0.459 e. The maximum Gasteiger partial charge on any atom is 0.338 e. The largest absolute Gasteiger partial charge is 0.459 e. The van der Waals surface area contributed by atoms with Gasteiger partial charge in [-0.05, 0) is 49.7 Å². The molecule has 4 heteroatoms. The zero-order valence-electron chi connectivity index (χ0n) is 12.4. The minimum atomic E-state index is -0.284. The van der Waals surface area contributed by atoms with E-state index in [-0.39, 0.29) is 12.1 Å². The first kappa shape index (κ1) is 15.3. The van der Waals surface area contributed by atoms with Crippen molar-refractivity contribution in [2.24, 2.45) is 5.41 Å². The van der Waals surface area contributed by atoms with E-state index in [1.807, 2.05) is 6.92 Å². The lowest BCUT2D eigenvalue weighted by atomic mass is 9.76. The fourth-order valence-corrected chi connectivity index (χ4v) is 2.79. The van der Waals surface area contributed by atoms with Crippen molar-refractivity contribution in [3.63, 3.8) is 0 Å². The van der Waals surface area contributed by atoms with Crippen molar-refractivity contribution in [3.8, 4) is 0 Å². The second kappa shape index (κ2) is 6.13. The number of carbonyl (C=O) groups excluding carboxylic acids is 1. The molecule has 1 heterocycles. The average molecular weight is 296 g/mol. The number of aromatic nitrogens is 1. The monoisotopic (exact) mass is 295 g/mol. The van der Waals surface area contributed by atoms with Crippen LogP contribution in [-0.4, -0.2) is 17.1 Å². The van der Waals surface area contributed by atoms with Gasteiger partial charge in [0.1, 0.15) is 11.3 Å². The zero-order chi connectivity index (χ0) is 14.8. The van der Waals surface area contributed by atoms with Gasteiger partial charge in [0.05, 0.1) is 5.56 Å². The Balaban J connectivity index is 2.00. The lowest BCUT2D eigenvalue weighted by Gasteiger charge is -2.33. The third kappa shape index (κ3) is 3.95. The van der Waals surface area contributed by atoms with Crippen molar-refractivity contribution in [2.45, 2.75) is 59.0 Å². The second-order valence-corrected chi connectivity index (χ2v) is 6.68. The number of hydrogen-bond acceptors (Lipinski definition) is 3. The van der Waals surface area contributed by atoms with Crippen molar-refractivity contribution in [2.75, 3.05) is 0 Å². The third-order valence-corrected chi connectivity index (χ3v) is 4.20. The lowest BCUT2D eigenvalue weighted by Crippen LogP contribution is -2.28. The Morgan fingerprint density at radius 3 is 2.65 bits per heavy atom. The summed E-state index contributed by atoms with van der Waals surface area (Å²) in [4.78, 5) is 16.3. The van der Waals surface area contributed by atoms with Gasteiger partial charge in [-0.2, -0.15) is 0 Å². The maximum atomic E-state index is 12.2. The fraction of sp³-hybridized carbons (Fsp3) is 0.625. The highest BCUT2D eigenvalue weighted by molar-refractivity contribution is 6.29. The summed E-state index contributed by atoms with van der Waals surface area (Å²) in [5.74, 6) is -0.284. The molecule has 2 rings (SSSR count). The van der Waals surface area contributed by atoms with Crippen LogP contribution in [-0.2, 0) is 11.2 Å². The average Bonchev–Trinajstić information content (AvgIpc) is 2.40. The summed E-state index contributed by atoms with van der Waals surface area (Å²) >= 11 is 5.93. The first-order valence-corrected chi connectivity index (χ1v) is 7.65. The summed E-state index contributed by atoms with van der Waals surface area (Å²) in [6.45, 7) is 6.51. The summed E-state index contributed by atoms with van der Waals surface area (Å²) in [5.41, 5.74) is 1.69. The molecule has 3 nitrogen and oxygen atoms in total. The van der Waals surface area contributed by atoms with E-state index < -0.39 is 0 Å². The van der Waals surface area contributed by atoms with Crippen LogP contribution in [0.25, 0.3) is 0 Å². The van der Waals surface area contributed by atoms with Crippen LogP contribution in [0.2, 0.25) is 5.15 Å². The molecule has 0 spiro atoms. The fourth-order valence-electron chi connectivity index (χ4n) is 2.56. The van der Waals surface area contributed by atoms with Gasteiger partial charge in [-0.3, -0.25) is 0 Å². The summed E-state index contributed by atoms with van der Waals surface area (Å²) in [7, 11) is 0. The molecule has 1 aliphatic carbocycles. The molecule has 1 aromatic rings. The number of carbonyl (C=O) groups is 1. The van der Waals surface area contributed by atoms with E-state index in [0.717, 1.165) is 37.8 Å². The van der Waals surface area contributed by atoms with Gasteiger partial charge in [0.2, 0.25) is 0 Å². The summed E-state index contributed by atoms with van der Waals surface area (Å²) < 4.78 is 5.60. The highest BCUT2D eigenvalue weighted by atomic mass is 35.5. The van der Waals surface area contributed by atoms with Gasteiger partial charge in [0.15, 0.2) is 0 Å². The Morgan fingerprint density at radius 1 is 1.40 bits per heavy atom. The number of pyridine rings is 1. The van der Waals surface area contributed by atoms with Gasteiger partial charge in [0.25, 0.3) is 0 Å². The Morgan fingerprint density at radius 2 is 2.05 bits per heavy atom. The first-order chi connectivity index (χ1) is 9.39. The summed E-state index contributed by atoms with van der Waals surface area (Å²) in [5, 5.41) is 0.348. The number of rotatable bonds is 3. The number of esters is 1.